The van der Waals surface area contributed by atoms with Gasteiger partial charge in [-0.2, -0.15) is 0 Å². The van der Waals surface area contributed by atoms with Crippen LogP contribution in [0.3, 0.4) is 0 Å². The van der Waals surface area contributed by atoms with E-state index in [9.17, 15) is 5.11 Å². The summed E-state index contributed by atoms with van der Waals surface area (Å²) in [6.45, 7) is 19.9. The Hall–Kier alpha value is -4.60. The van der Waals surface area contributed by atoms with Crippen LogP contribution in [0.4, 0.5) is 0 Å². The van der Waals surface area contributed by atoms with E-state index in [2.05, 4.69) is 134 Å². The van der Waals surface area contributed by atoms with E-state index in [1.165, 1.54) is 5.56 Å². The number of phenols is 1. The minimum atomic E-state index is -0.162. The average molecular weight is 853 g/mol. The van der Waals surface area contributed by atoms with Gasteiger partial charge in [0.05, 0.1) is 27.9 Å². The number of pyridine rings is 2. The van der Waals surface area contributed by atoms with Gasteiger partial charge < -0.3 is 9.67 Å². The number of hydrogen-bond acceptors (Lipinski definition) is 4. The van der Waals surface area contributed by atoms with Gasteiger partial charge in [-0.1, -0.05) is 122 Å². The van der Waals surface area contributed by atoms with Crippen molar-refractivity contribution in [2.24, 2.45) is 0 Å². The molecule has 0 unspecified atom stereocenters. The van der Waals surface area contributed by atoms with Gasteiger partial charge in [0.25, 0.3) is 0 Å². The van der Waals surface area contributed by atoms with Gasteiger partial charge in [0.15, 0.2) is 0 Å². The topological polar surface area (TPSA) is 63.8 Å². The van der Waals surface area contributed by atoms with Gasteiger partial charge >= 0.3 is 0 Å². The van der Waals surface area contributed by atoms with Crippen LogP contribution in [0.5, 0.6) is 5.75 Å². The van der Waals surface area contributed by atoms with Crippen molar-refractivity contribution >= 4 is 22.1 Å². The van der Waals surface area contributed by atoms with Crippen LogP contribution in [0.1, 0.15) is 79.1 Å². The Bertz CT molecular complexity index is 2380. The first-order valence-electron chi connectivity index (χ1n) is 17.4. The molecule has 5 nitrogen and oxygen atoms in total. The molecule has 7 rings (SSSR count). The van der Waals surface area contributed by atoms with E-state index in [0.29, 0.717) is 0 Å². The largest absolute Gasteiger partial charge is 0.507 e. The van der Waals surface area contributed by atoms with Crippen LogP contribution >= 0.6 is 0 Å². The van der Waals surface area contributed by atoms with Crippen LogP contribution in [0.25, 0.3) is 61.4 Å². The van der Waals surface area contributed by atoms with Crippen LogP contribution in [0.15, 0.2) is 103 Å². The number of imidazole rings is 1. The van der Waals surface area contributed by atoms with E-state index < -0.39 is 0 Å². The van der Waals surface area contributed by atoms with Crippen LogP contribution < -0.4 is 0 Å². The van der Waals surface area contributed by atoms with Gasteiger partial charge in [-0.25, -0.2) is 0 Å². The maximum atomic E-state index is 10.9. The zero-order chi connectivity index (χ0) is 35.6. The quantitative estimate of drug-likeness (QED) is 0.179. The van der Waals surface area contributed by atoms with E-state index >= 15 is 0 Å². The van der Waals surface area contributed by atoms with Crippen molar-refractivity contribution < 1.29 is 26.2 Å². The molecular formula is C45H45N4OPt-. The minimum Gasteiger partial charge on any atom is -0.507 e. The SMILES string of the molecule is CC(C)(C)c1ccc(-n2c(-c3[c-]c(-c4cc(C(C)(C)C)nc5cc(C(C)(C)C)cnc45)ccc3)nc3c(-c4ccccc4O)cccc32)cc1.[Pt]. The van der Waals surface area contributed by atoms with Crippen molar-refractivity contribution in [3.63, 3.8) is 0 Å². The molecule has 0 aliphatic carbocycles. The Morgan fingerprint density at radius 3 is 1.90 bits per heavy atom. The number of hydrogen-bond donors (Lipinski definition) is 1. The molecule has 0 bridgehead atoms. The number of fused-ring (bicyclic) bond motifs is 2. The number of aromatic hydroxyl groups is 1. The van der Waals surface area contributed by atoms with Gasteiger partial charge in [-0.15, -0.1) is 29.8 Å². The fraction of sp³-hybridized carbons (Fsp3) is 0.267. The summed E-state index contributed by atoms with van der Waals surface area (Å²) in [5, 5.41) is 10.9. The summed E-state index contributed by atoms with van der Waals surface area (Å²) in [5.74, 6) is 0.992. The third-order valence-electron chi connectivity index (χ3n) is 9.48. The molecule has 51 heavy (non-hydrogen) atoms. The van der Waals surface area contributed by atoms with Gasteiger partial charge in [-0.3, -0.25) is 15.0 Å². The summed E-state index contributed by atoms with van der Waals surface area (Å²) < 4.78 is 2.21. The molecule has 262 valence electrons. The number of para-hydroxylation sites is 2. The van der Waals surface area contributed by atoms with E-state index in [0.717, 1.165) is 72.7 Å². The van der Waals surface area contributed by atoms with Gasteiger partial charge in [0.1, 0.15) is 5.75 Å². The summed E-state index contributed by atoms with van der Waals surface area (Å²) in [5.41, 5.74) is 12.1. The van der Waals surface area contributed by atoms with Crippen molar-refractivity contribution in [1.29, 1.82) is 0 Å². The Labute approximate surface area is 316 Å². The molecule has 3 aromatic heterocycles. The molecule has 3 heterocycles. The van der Waals surface area contributed by atoms with E-state index in [1.807, 2.05) is 36.5 Å². The summed E-state index contributed by atoms with van der Waals surface area (Å²) in [6.07, 6.45) is 1.98. The third-order valence-corrected chi connectivity index (χ3v) is 9.48. The molecule has 1 N–H and O–H groups in total. The van der Waals surface area contributed by atoms with Gasteiger partial charge in [-0.05, 0) is 52.3 Å². The first-order valence-corrected chi connectivity index (χ1v) is 17.4. The Morgan fingerprint density at radius 2 is 1.24 bits per heavy atom. The Kier molecular flexibility index (Phi) is 9.36. The van der Waals surface area contributed by atoms with Crippen LogP contribution in [-0.2, 0) is 37.3 Å². The number of nitrogens with zero attached hydrogens (tertiary/aromatic N) is 4. The smallest absolute Gasteiger partial charge is 0.123 e. The van der Waals surface area contributed by atoms with Gasteiger partial charge in [0, 0.05) is 55.2 Å². The number of phenolic OH excluding ortho intramolecular Hbond substituents is 1. The van der Waals surface area contributed by atoms with Crippen molar-refractivity contribution in [3.8, 4) is 45.1 Å². The normalized spacial score (nSPS) is 12.3. The molecule has 0 aliphatic rings. The van der Waals surface area contributed by atoms with Crippen molar-refractivity contribution in [2.75, 3.05) is 0 Å². The van der Waals surface area contributed by atoms with Crippen LogP contribution in [-0.4, -0.2) is 24.6 Å². The Morgan fingerprint density at radius 1 is 0.588 bits per heavy atom. The van der Waals surface area contributed by atoms with Crippen LogP contribution in [0.2, 0.25) is 0 Å². The van der Waals surface area contributed by atoms with E-state index in [1.54, 1.807) is 6.07 Å². The molecule has 0 atom stereocenters. The number of rotatable bonds is 4. The molecule has 7 aromatic rings. The van der Waals surface area contributed by atoms with E-state index in [-0.39, 0.29) is 43.1 Å². The fourth-order valence-electron chi connectivity index (χ4n) is 6.44. The first-order chi connectivity index (χ1) is 23.6. The monoisotopic (exact) mass is 852 g/mol. The molecule has 6 heteroatoms. The molecule has 0 radical (unpaired) electrons. The molecule has 4 aromatic carbocycles. The minimum absolute atomic E-state index is 0. The first kappa shape index (κ1) is 36.2. The number of aromatic nitrogens is 4. The predicted octanol–water partition coefficient (Wildman–Crippen LogP) is 11.4. The molecule has 0 aliphatic heterocycles. The van der Waals surface area contributed by atoms with Crippen molar-refractivity contribution in [2.45, 2.75) is 78.6 Å². The maximum Gasteiger partial charge on any atom is 0.123 e. The molecule has 0 fully saturated rings. The summed E-state index contributed by atoms with van der Waals surface area (Å²) in [6, 6.07) is 36.7. The van der Waals surface area contributed by atoms with Crippen LogP contribution in [0, 0.1) is 6.07 Å². The zero-order valence-corrected chi connectivity index (χ0v) is 33.1. The zero-order valence-electron chi connectivity index (χ0n) is 30.9. The molecule has 0 saturated carbocycles. The van der Waals surface area contributed by atoms with Crippen molar-refractivity contribution in [3.05, 3.63) is 126 Å². The molecule has 0 saturated heterocycles. The average Bonchev–Trinajstić information content (AvgIpc) is 3.47. The summed E-state index contributed by atoms with van der Waals surface area (Å²) in [4.78, 5) is 15.5. The number of benzene rings is 4. The summed E-state index contributed by atoms with van der Waals surface area (Å²) >= 11 is 0. The standard InChI is InChI=1S/C45H45N4O.Pt/c1-43(2,3)30-20-22-32(23-21-30)49-37-18-13-17-34(33-16-10-11-19-38(33)50)41(37)48-42(49)29-15-12-14-28(24-29)35-26-39(45(7,8)9)47-36-25-31(44(4,5)6)27-46-40(35)36;/h10-23,25-27,50H,1-9H3;/q-1;. The van der Waals surface area contributed by atoms with E-state index in [4.69, 9.17) is 15.0 Å². The van der Waals surface area contributed by atoms with Gasteiger partial charge in [0.2, 0.25) is 0 Å². The summed E-state index contributed by atoms with van der Waals surface area (Å²) in [7, 11) is 0. The molecule has 0 amide bonds. The maximum absolute atomic E-state index is 10.9. The van der Waals surface area contributed by atoms with Crippen molar-refractivity contribution in [1.82, 2.24) is 19.5 Å². The Balaban J connectivity index is 0.00000448. The molecular weight excluding hydrogens is 808 g/mol. The molecule has 0 spiro atoms. The third kappa shape index (κ3) is 6.89. The fourth-order valence-corrected chi connectivity index (χ4v) is 6.44. The second-order valence-corrected chi connectivity index (χ2v) is 16.4. The second-order valence-electron chi connectivity index (χ2n) is 16.4. The predicted molar refractivity (Wildman–Crippen MR) is 207 cm³/mol. The second kappa shape index (κ2) is 13.2.